The molecule has 0 fully saturated rings. The number of benzene rings is 2. The van der Waals surface area contributed by atoms with E-state index in [0.29, 0.717) is 47.3 Å². The standard InChI is InChI=1S/C23H24N2O5/c1-5-12-29-19-10-8-17(14-21(19)27-4)16-24-25-23(26)18-9-11-20(30-13-6-2)22(15-18)28-7-3/h1,6,8-11,14-16H,2,7,12-13H2,3-4H3,(H,25,26)/b24-16+. The quantitative estimate of drug-likeness (QED) is 0.267. The number of terminal acetylenes is 1. The Balaban J connectivity index is 2.07. The van der Waals surface area contributed by atoms with Crippen LogP contribution in [0.2, 0.25) is 0 Å². The number of amides is 1. The van der Waals surface area contributed by atoms with E-state index in [1.54, 1.807) is 42.5 Å². The molecule has 0 aromatic heterocycles. The molecule has 156 valence electrons. The highest BCUT2D eigenvalue weighted by atomic mass is 16.5. The molecule has 0 aliphatic heterocycles. The Kier molecular flexibility index (Phi) is 8.81. The summed E-state index contributed by atoms with van der Waals surface area (Å²) in [6.07, 6.45) is 8.33. The summed E-state index contributed by atoms with van der Waals surface area (Å²) in [5, 5.41) is 3.99. The zero-order valence-corrected chi connectivity index (χ0v) is 17.0. The molecule has 0 unspecified atom stereocenters. The Labute approximate surface area is 176 Å². The zero-order valence-electron chi connectivity index (χ0n) is 17.0. The molecule has 1 amide bonds. The lowest BCUT2D eigenvalue weighted by atomic mass is 10.2. The van der Waals surface area contributed by atoms with Gasteiger partial charge >= 0.3 is 0 Å². The molecule has 0 heterocycles. The van der Waals surface area contributed by atoms with E-state index in [0.717, 1.165) is 0 Å². The van der Waals surface area contributed by atoms with E-state index < -0.39 is 0 Å². The lowest BCUT2D eigenvalue weighted by Crippen LogP contribution is -2.17. The van der Waals surface area contributed by atoms with Gasteiger partial charge < -0.3 is 18.9 Å². The lowest BCUT2D eigenvalue weighted by molar-refractivity contribution is 0.0954. The van der Waals surface area contributed by atoms with Crippen molar-refractivity contribution in [2.24, 2.45) is 5.10 Å². The number of hydrazone groups is 1. The van der Waals surface area contributed by atoms with Crippen molar-refractivity contribution in [2.45, 2.75) is 6.92 Å². The number of methoxy groups -OCH3 is 1. The van der Waals surface area contributed by atoms with Gasteiger partial charge in [-0.3, -0.25) is 4.79 Å². The van der Waals surface area contributed by atoms with Crippen molar-refractivity contribution in [2.75, 3.05) is 26.9 Å². The number of nitrogens with one attached hydrogen (secondary N) is 1. The molecule has 1 N–H and O–H groups in total. The van der Waals surface area contributed by atoms with Crippen molar-refractivity contribution in [3.63, 3.8) is 0 Å². The molecule has 0 aliphatic carbocycles. The molecule has 0 spiro atoms. The fraction of sp³-hybridized carbons (Fsp3) is 0.217. The van der Waals surface area contributed by atoms with Crippen LogP contribution in [-0.4, -0.2) is 39.1 Å². The molecular weight excluding hydrogens is 384 g/mol. The summed E-state index contributed by atoms with van der Waals surface area (Å²) >= 11 is 0. The van der Waals surface area contributed by atoms with Gasteiger partial charge in [0, 0.05) is 5.56 Å². The van der Waals surface area contributed by atoms with Crippen LogP contribution in [0.1, 0.15) is 22.8 Å². The number of rotatable bonds is 11. The van der Waals surface area contributed by atoms with E-state index in [9.17, 15) is 4.79 Å². The van der Waals surface area contributed by atoms with Gasteiger partial charge in [0.15, 0.2) is 23.0 Å². The van der Waals surface area contributed by atoms with Crippen LogP contribution in [-0.2, 0) is 0 Å². The van der Waals surface area contributed by atoms with Crippen LogP contribution < -0.4 is 24.4 Å². The van der Waals surface area contributed by atoms with Crippen LogP contribution in [0.4, 0.5) is 0 Å². The SMILES string of the molecule is C#CCOc1ccc(/C=N/NC(=O)c2ccc(OCC=C)c(OCC)c2)cc1OC. The van der Waals surface area contributed by atoms with E-state index in [1.165, 1.54) is 13.3 Å². The van der Waals surface area contributed by atoms with E-state index in [-0.39, 0.29) is 12.5 Å². The second-order valence-corrected chi connectivity index (χ2v) is 5.80. The first-order valence-electron chi connectivity index (χ1n) is 9.21. The molecule has 7 nitrogen and oxygen atoms in total. The van der Waals surface area contributed by atoms with Crippen molar-refractivity contribution in [1.82, 2.24) is 5.43 Å². The largest absolute Gasteiger partial charge is 0.493 e. The maximum Gasteiger partial charge on any atom is 0.271 e. The summed E-state index contributed by atoms with van der Waals surface area (Å²) in [5.41, 5.74) is 3.58. The Bertz CT molecular complexity index is 947. The third-order valence-corrected chi connectivity index (χ3v) is 3.74. The second-order valence-electron chi connectivity index (χ2n) is 5.80. The highest BCUT2D eigenvalue weighted by molar-refractivity contribution is 5.95. The minimum atomic E-state index is -0.386. The molecule has 7 heteroatoms. The Morgan fingerprint density at radius 3 is 2.60 bits per heavy atom. The van der Waals surface area contributed by atoms with Gasteiger partial charge in [0.05, 0.1) is 19.9 Å². The van der Waals surface area contributed by atoms with Crippen molar-refractivity contribution in [3.05, 3.63) is 60.2 Å². The van der Waals surface area contributed by atoms with Crippen LogP contribution in [0, 0.1) is 12.3 Å². The Hall–Kier alpha value is -3.92. The fourth-order valence-corrected chi connectivity index (χ4v) is 2.42. The van der Waals surface area contributed by atoms with Gasteiger partial charge in [0.25, 0.3) is 5.91 Å². The van der Waals surface area contributed by atoms with Crippen LogP contribution in [0.25, 0.3) is 0 Å². The molecule has 0 atom stereocenters. The average Bonchev–Trinajstić information content (AvgIpc) is 2.77. The molecule has 0 saturated heterocycles. The third kappa shape index (κ3) is 6.31. The number of hydrogen-bond acceptors (Lipinski definition) is 6. The Morgan fingerprint density at radius 2 is 1.90 bits per heavy atom. The molecule has 2 aromatic rings. The van der Waals surface area contributed by atoms with Crippen molar-refractivity contribution in [3.8, 4) is 35.3 Å². The van der Waals surface area contributed by atoms with Crippen LogP contribution >= 0.6 is 0 Å². The molecule has 0 aliphatic rings. The molecule has 30 heavy (non-hydrogen) atoms. The predicted octanol–water partition coefficient (Wildman–Crippen LogP) is 3.43. The van der Waals surface area contributed by atoms with Gasteiger partial charge in [-0.25, -0.2) is 5.43 Å². The maximum absolute atomic E-state index is 12.4. The topological polar surface area (TPSA) is 78.4 Å². The summed E-state index contributed by atoms with van der Waals surface area (Å²) in [6.45, 7) is 6.39. The summed E-state index contributed by atoms with van der Waals surface area (Å²) in [5.74, 6) is 4.06. The van der Waals surface area contributed by atoms with Crippen LogP contribution in [0.3, 0.4) is 0 Å². The fourth-order valence-electron chi connectivity index (χ4n) is 2.42. The average molecular weight is 408 g/mol. The number of nitrogens with zero attached hydrogens (tertiary/aromatic N) is 1. The molecule has 2 rings (SSSR count). The molecular formula is C23H24N2O5. The van der Waals surface area contributed by atoms with Crippen molar-refractivity contribution >= 4 is 12.1 Å². The second kappa shape index (κ2) is 11.8. The molecule has 0 bridgehead atoms. The first-order chi connectivity index (χ1) is 14.6. The third-order valence-electron chi connectivity index (χ3n) is 3.74. The first-order valence-corrected chi connectivity index (χ1v) is 9.21. The minimum Gasteiger partial charge on any atom is -0.493 e. The lowest BCUT2D eigenvalue weighted by Gasteiger charge is -2.12. The van der Waals surface area contributed by atoms with E-state index in [1.807, 2.05) is 6.92 Å². The zero-order chi connectivity index (χ0) is 21.8. The highest BCUT2D eigenvalue weighted by Gasteiger charge is 2.11. The maximum atomic E-state index is 12.4. The van der Waals surface area contributed by atoms with E-state index in [4.69, 9.17) is 25.4 Å². The molecule has 0 saturated carbocycles. The summed E-state index contributed by atoms with van der Waals surface area (Å²) in [6, 6.07) is 10.1. The van der Waals surface area contributed by atoms with E-state index in [2.05, 4.69) is 23.0 Å². The van der Waals surface area contributed by atoms with Crippen molar-refractivity contribution in [1.29, 1.82) is 0 Å². The van der Waals surface area contributed by atoms with E-state index >= 15 is 0 Å². The minimum absolute atomic E-state index is 0.140. The first kappa shape index (κ1) is 22.4. The van der Waals surface area contributed by atoms with Gasteiger partial charge in [0.1, 0.15) is 13.2 Å². The summed E-state index contributed by atoms with van der Waals surface area (Å²) in [4.78, 5) is 12.4. The summed E-state index contributed by atoms with van der Waals surface area (Å²) < 4.78 is 21.8. The van der Waals surface area contributed by atoms with Crippen molar-refractivity contribution < 1.29 is 23.7 Å². The smallest absolute Gasteiger partial charge is 0.271 e. The van der Waals surface area contributed by atoms with Gasteiger partial charge in [-0.05, 0) is 48.9 Å². The monoisotopic (exact) mass is 408 g/mol. The number of hydrogen-bond donors (Lipinski definition) is 1. The van der Waals surface area contributed by atoms with Gasteiger partial charge in [-0.2, -0.15) is 5.10 Å². The highest BCUT2D eigenvalue weighted by Crippen LogP contribution is 2.29. The normalized spacial score (nSPS) is 10.2. The number of ether oxygens (including phenoxy) is 4. The van der Waals surface area contributed by atoms with Gasteiger partial charge in [-0.15, -0.1) is 6.42 Å². The summed E-state index contributed by atoms with van der Waals surface area (Å²) in [7, 11) is 1.53. The van der Waals surface area contributed by atoms with Gasteiger partial charge in [-0.1, -0.05) is 18.6 Å². The molecule has 0 radical (unpaired) electrons. The number of carbonyl (C=O) groups is 1. The van der Waals surface area contributed by atoms with Crippen LogP contribution in [0.15, 0.2) is 54.2 Å². The number of carbonyl (C=O) groups excluding carboxylic acids is 1. The predicted molar refractivity (Wildman–Crippen MR) is 116 cm³/mol. The van der Waals surface area contributed by atoms with Crippen LogP contribution in [0.5, 0.6) is 23.0 Å². The molecule has 2 aromatic carbocycles. The van der Waals surface area contributed by atoms with Gasteiger partial charge in [0.2, 0.25) is 0 Å². The Morgan fingerprint density at radius 1 is 1.13 bits per heavy atom.